The molecule has 1 aromatic rings. The van der Waals surface area contributed by atoms with Crippen molar-refractivity contribution in [1.82, 2.24) is 9.80 Å². The van der Waals surface area contributed by atoms with Crippen LogP contribution in [0.2, 0.25) is 5.02 Å². The van der Waals surface area contributed by atoms with E-state index in [4.69, 9.17) is 21.8 Å². The van der Waals surface area contributed by atoms with Crippen LogP contribution in [0.3, 0.4) is 0 Å². The highest BCUT2D eigenvalue weighted by molar-refractivity contribution is 6.30. The Kier molecular flexibility index (Phi) is 9.43. The van der Waals surface area contributed by atoms with Gasteiger partial charge in [0, 0.05) is 42.4 Å². The number of phenolic OH excluding ortho intramolecular Hbond substituents is 1. The third-order valence-electron chi connectivity index (χ3n) is 9.70. The summed E-state index contributed by atoms with van der Waals surface area (Å²) in [6.45, 7) is 0.353. The molecule has 1 saturated carbocycles. The first-order chi connectivity index (χ1) is 21.0. The first-order valence-electron chi connectivity index (χ1n) is 15.3. The number of unbranched alkanes of at least 4 members (excludes halogenated alkanes) is 4. The Hall–Kier alpha value is -3.73. The molecule has 2 saturated heterocycles. The number of phenols is 1. The number of halogens is 1. The van der Waals surface area contributed by atoms with Crippen LogP contribution in [0.5, 0.6) is 5.75 Å². The van der Waals surface area contributed by atoms with Gasteiger partial charge in [-0.1, -0.05) is 36.1 Å². The smallest absolute Gasteiger partial charge is 0.303 e. The number of carboxylic acids is 2. The fourth-order valence-electron chi connectivity index (χ4n) is 7.73. The summed E-state index contributed by atoms with van der Waals surface area (Å²) in [5.74, 6) is -7.19. The highest BCUT2D eigenvalue weighted by atomic mass is 35.5. The van der Waals surface area contributed by atoms with Gasteiger partial charge in [-0.3, -0.25) is 38.6 Å². The van der Waals surface area contributed by atoms with Crippen LogP contribution in [0.4, 0.5) is 0 Å². The molecule has 5 rings (SSSR count). The van der Waals surface area contributed by atoms with E-state index in [0.29, 0.717) is 55.5 Å². The minimum absolute atomic E-state index is 0.00769. The Morgan fingerprint density at radius 1 is 0.750 bits per heavy atom. The number of aliphatic carboxylic acids is 2. The molecule has 3 fully saturated rings. The molecule has 0 unspecified atom stereocenters. The second kappa shape index (κ2) is 13.1. The van der Waals surface area contributed by atoms with Gasteiger partial charge in [-0.05, 0) is 62.6 Å². The van der Waals surface area contributed by atoms with Gasteiger partial charge in [-0.25, -0.2) is 0 Å². The van der Waals surface area contributed by atoms with Gasteiger partial charge in [0.1, 0.15) is 5.75 Å². The zero-order valence-electron chi connectivity index (χ0n) is 24.3. The molecule has 236 valence electrons. The predicted molar refractivity (Wildman–Crippen MR) is 156 cm³/mol. The summed E-state index contributed by atoms with van der Waals surface area (Å²) in [6.07, 6.45) is 5.39. The van der Waals surface area contributed by atoms with Crippen LogP contribution in [0, 0.1) is 29.6 Å². The predicted octanol–water partition coefficient (Wildman–Crippen LogP) is 3.97. The minimum Gasteiger partial charge on any atom is -0.508 e. The number of hydrogen-bond donors (Lipinski definition) is 3. The van der Waals surface area contributed by atoms with Crippen LogP contribution >= 0.6 is 11.6 Å². The van der Waals surface area contributed by atoms with E-state index in [2.05, 4.69) is 0 Å². The highest BCUT2D eigenvalue weighted by Gasteiger charge is 2.62. The van der Waals surface area contributed by atoms with E-state index in [0.717, 1.165) is 5.57 Å². The molecule has 11 nitrogen and oxygen atoms in total. The number of imide groups is 2. The molecule has 0 radical (unpaired) electrons. The summed E-state index contributed by atoms with van der Waals surface area (Å²) in [7, 11) is 0. The Balaban J connectivity index is 1.42. The molecule has 4 amide bonds. The summed E-state index contributed by atoms with van der Waals surface area (Å²) >= 11 is 6.33. The second-order valence-electron chi connectivity index (χ2n) is 12.3. The summed E-state index contributed by atoms with van der Waals surface area (Å²) < 4.78 is 0. The Morgan fingerprint density at radius 3 is 1.91 bits per heavy atom. The van der Waals surface area contributed by atoms with Crippen molar-refractivity contribution in [2.24, 2.45) is 29.6 Å². The molecule has 1 aromatic carbocycles. The monoisotopic (exact) mass is 628 g/mol. The summed E-state index contributed by atoms with van der Waals surface area (Å²) in [6, 6.07) is 4.56. The van der Waals surface area contributed by atoms with Crippen LogP contribution in [0.25, 0.3) is 0 Å². The molecule has 4 aliphatic rings. The third-order valence-corrected chi connectivity index (χ3v) is 9.94. The largest absolute Gasteiger partial charge is 0.508 e. The van der Waals surface area contributed by atoms with Crippen LogP contribution < -0.4 is 0 Å². The number of amides is 4. The summed E-state index contributed by atoms with van der Waals surface area (Å²) in [5, 5.41) is 29.1. The number of rotatable bonds is 13. The van der Waals surface area contributed by atoms with Crippen LogP contribution in [0.1, 0.15) is 75.7 Å². The van der Waals surface area contributed by atoms with E-state index in [1.807, 2.05) is 6.08 Å². The Bertz CT molecular complexity index is 1410. The third kappa shape index (κ3) is 5.98. The number of fused-ring (bicyclic) bond motifs is 4. The minimum atomic E-state index is -0.903. The van der Waals surface area contributed by atoms with E-state index in [1.165, 1.54) is 21.9 Å². The van der Waals surface area contributed by atoms with E-state index in [-0.39, 0.29) is 61.7 Å². The lowest BCUT2D eigenvalue weighted by atomic mass is 9.57. The molecule has 12 heteroatoms. The summed E-state index contributed by atoms with van der Waals surface area (Å²) in [5.41, 5.74) is 1.16. The lowest BCUT2D eigenvalue weighted by Crippen LogP contribution is -2.43. The molecule has 2 aliphatic carbocycles. The first-order valence-corrected chi connectivity index (χ1v) is 15.7. The van der Waals surface area contributed by atoms with Crippen molar-refractivity contribution in [1.29, 1.82) is 0 Å². The number of allylic oxidation sites excluding steroid dienone is 2. The molecule has 2 heterocycles. The van der Waals surface area contributed by atoms with Crippen molar-refractivity contribution in [3.05, 3.63) is 40.4 Å². The SMILES string of the molecule is O=C(O)CCCCCN1C(=O)[C@H]2[C@H](CC=C3[C@H]2C[C@H]2C(=O)N(CCCCCC(=O)O)C(=O)[C@H]2[C@H]3c2cc(Cl)ccc2O)C1=O. The van der Waals surface area contributed by atoms with E-state index in [9.17, 15) is 33.9 Å². The number of likely N-dealkylation sites (tertiary alicyclic amines) is 2. The molecular weight excluding hydrogens is 592 g/mol. The fourth-order valence-corrected chi connectivity index (χ4v) is 7.91. The molecule has 0 bridgehead atoms. The number of carbonyl (C=O) groups excluding carboxylic acids is 4. The number of hydrogen-bond acceptors (Lipinski definition) is 7. The molecule has 6 atom stereocenters. The normalized spacial score (nSPS) is 27.7. The molecule has 0 spiro atoms. The van der Waals surface area contributed by atoms with E-state index < -0.39 is 47.4 Å². The van der Waals surface area contributed by atoms with Crippen LogP contribution in [0.15, 0.2) is 29.8 Å². The van der Waals surface area contributed by atoms with Crippen molar-refractivity contribution < 1.29 is 44.1 Å². The molecular formula is C32H37ClN2O9. The molecule has 44 heavy (non-hydrogen) atoms. The highest BCUT2D eigenvalue weighted by Crippen LogP contribution is 2.59. The Labute approximate surface area is 259 Å². The number of carbonyl (C=O) groups is 6. The number of carboxylic acid groups (broad SMARTS) is 2. The van der Waals surface area contributed by atoms with Crippen molar-refractivity contribution in [3.8, 4) is 5.75 Å². The van der Waals surface area contributed by atoms with Crippen molar-refractivity contribution in [3.63, 3.8) is 0 Å². The molecule has 3 N–H and O–H groups in total. The topological polar surface area (TPSA) is 170 Å². The Morgan fingerprint density at radius 2 is 1.32 bits per heavy atom. The van der Waals surface area contributed by atoms with Gasteiger partial charge in [0.05, 0.1) is 23.7 Å². The van der Waals surface area contributed by atoms with Gasteiger partial charge >= 0.3 is 11.9 Å². The number of aromatic hydroxyl groups is 1. The maximum atomic E-state index is 13.9. The van der Waals surface area contributed by atoms with Gasteiger partial charge < -0.3 is 15.3 Å². The number of benzene rings is 1. The maximum absolute atomic E-state index is 13.9. The summed E-state index contributed by atoms with van der Waals surface area (Å²) in [4.78, 5) is 79.1. The van der Waals surface area contributed by atoms with Crippen LogP contribution in [-0.4, -0.2) is 73.8 Å². The standard InChI is InChI=1S/C32H37ClN2O9/c33-17-9-12-23(36)21(15-17)26-18-10-11-19-27(31(43)34(29(19)41)13-5-1-3-7-24(37)38)20(18)16-22-28(26)32(44)35(30(22)42)14-6-2-4-8-25(39)40/h9-10,12,15,19-20,22,26-28,36H,1-8,11,13-14,16H2,(H,37,38)(H,39,40)/t19-,20+,22+,26+,27-,28+/m0/s1. The first kappa shape index (κ1) is 31.7. The van der Waals surface area contributed by atoms with Crippen molar-refractivity contribution >= 4 is 47.2 Å². The molecule has 0 aromatic heterocycles. The molecule has 2 aliphatic heterocycles. The van der Waals surface area contributed by atoms with Crippen molar-refractivity contribution in [2.45, 2.75) is 70.1 Å². The van der Waals surface area contributed by atoms with Gasteiger partial charge in [0.15, 0.2) is 0 Å². The van der Waals surface area contributed by atoms with Gasteiger partial charge in [-0.2, -0.15) is 0 Å². The quantitative estimate of drug-likeness (QED) is 0.166. The van der Waals surface area contributed by atoms with Crippen molar-refractivity contribution in [2.75, 3.05) is 13.1 Å². The average molecular weight is 629 g/mol. The van der Waals surface area contributed by atoms with E-state index >= 15 is 0 Å². The maximum Gasteiger partial charge on any atom is 0.303 e. The number of nitrogens with zero attached hydrogens (tertiary/aromatic N) is 2. The van der Waals surface area contributed by atoms with E-state index in [1.54, 1.807) is 6.07 Å². The zero-order chi connectivity index (χ0) is 31.7. The lowest BCUT2D eigenvalue weighted by molar-refractivity contribution is -0.142. The average Bonchev–Trinajstić information content (AvgIpc) is 3.36. The van der Waals surface area contributed by atoms with Gasteiger partial charge in [-0.15, -0.1) is 0 Å². The van der Waals surface area contributed by atoms with Gasteiger partial charge in [0.25, 0.3) is 0 Å². The van der Waals surface area contributed by atoms with Gasteiger partial charge in [0.2, 0.25) is 23.6 Å². The zero-order valence-corrected chi connectivity index (χ0v) is 25.1. The van der Waals surface area contributed by atoms with Crippen LogP contribution in [-0.2, 0) is 28.8 Å². The lowest BCUT2D eigenvalue weighted by Gasteiger charge is -2.44. The second-order valence-corrected chi connectivity index (χ2v) is 12.7. The fraction of sp³-hybridized carbons (Fsp3) is 0.562.